The molecule has 1 aliphatic carbocycles. The highest BCUT2D eigenvalue weighted by Gasteiger charge is 2.20. The quantitative estimate of drug-likeness (QED) is 0.463. The minimum atomic E-state index is -2.06. The molecule has 0 radical (unpaired) electrons. The van der Waals surface area contributed by atoms with Crippen LogP contribution in [-0.4, -0.2) is 45.8 Å². The Kier molecular flexibility index (Phi) is 5.62. The van der Waals surface area contributed by atoms with Gasteiger partial charge in [-0.05, 0) is 37.3 Å². The van der Waals surface area contributed by atoms with E-state index in [1.807, 2.05) is 18.2 Å². The van der Waals surface area contributed by atoms with Crippen molar-refractivity contribution in [1.29, 1.82) is 0 Å². The van der Waals surface area contributed by atoms with Gasteiger partial charge in [0.1, 0.15) is 0 Å². The molecule has 2 heterocycles. The summed E-state index contributed by atoms with van der Waals surface area (Å²) in [5, 5.41) is 18.4. The SMILES string of the molecule is O=S(O)NCc1ccc2cnn(-c3ccnc(NC4CCC(O)CC4)n3)c2c1. The first-order valence-electron chi connectivity index (χ1n) is 9.17. The molecule has 10 heteroatoms. The maximum absolute atomic E-state index is 10.8. The smallest absolute Gasteiger partial charge is 0.232 e. The number of aromatic nitrogens is 4. The zero-order chi connectivity index (χ0) is 19.5. The molecule has 1 unspecified atom stereocenters. The lowest BCUT2D eigenvalue weighted by atomic mass is 9.93. The summed E-state index contributed by atoms with van der Waals surface area (Å²) in [4.78, 5) is 8.91. The summed E-state index contributed by atoms with van der Waals surface area (Å²) in [6, 6.07) is 7.77. The summed E-state index contributed by atoms with van der Waals surface area (Å²) in [6.45, 7) is 0.272. The average Bonchev–Trinajstić information content (AvgIpc) is 3.12. The molecule has 0 bridgehead atoms. The molecule has 4 N–H and O–H groups in total. The van der Waals surface area contributed by atoms with Gasteiger partial charge in [-0.25, -0.2) is 18.6 Å². The Morgan fingerprint density at radius 1 is 1.21 bits per heavy atom. The fourth-order valence-electron chi connectivity index (χ4n) is 3.44. The number of fused-ring (bicyclic) bond motifs is 1. The highest BCUT2D eigenvalue weighted by Crippen LogP contribution is 2.22. The van der Waals surface area contributed by atoms with Crippen molar-refractivity contribution >= 4 is 28.1 Å². The molecule has 4 rings (SSSR count). The number of hydrogen-bond donors (Lipinski definition) is 4. The fraction of sp³-hybridized carbons (Fsp3) is 0.389. The van der Waals surface area contributed by atoms with Crippen LogP contribution in [0.15, 0.2) is 36.7 Å². The zero-order valence-corrected chi connectivity index (χ0v) is 16.0. The van der Waals surface area contributed by atoms with E-state index in [9.17, 15) is 9.32 Å². The van der Waals surface area contributed by atoms with Gasteiger partial charge in [0.15, 0.2) is 5.82 Å². The van der Waals surface area contributed by atoms with Crippen molar-refractivity contribution < 1.29 is 13.9 Å². The molecule has 1 saturated carbocycles. The van der Waals surface area contributed by atoms with Crippen molar-refractivity contribution in [3.8, 4) is 5.82 Å². The molecule has 2 aromatic heterocycles. The van der Waals surface area contributed by atoms with E-state index < -0.39 is 11.3 Å². The van der Waals surface area contributed by atoms with E-state index in [1.165, 1.54) is 0 Å². The Hall–Kier alpha value is -2.40. The zero-order valence-electron chi connectivity index (χ0n) is 15.2. The average molecular weight is 402 g/mol. The summed E-state index contributed by atoms with van der Waals surface area (Å²) in [5.74, 6) is 1.18. The minimum absolute atomic E-state index is 0.201. The summed E-state index contributed by atoms with van der Waals surface area (Å²) >= 11 is -2.06. The van der Waals surface area contributed by atoms with Gasteiger partial charge in [0.2, 0.25) is 17.2 Å². The second kappa shape index (κ2) is 8.31. The van der Waals surface area contributed by atoms with Crippen LogP contribution < -0.4 is 10.0 Å². The molecule has 1 aromatic carbocycles. The largest absolute Gasteiger partial charge is 0.393 e. The van der Waals surface area contributed by atoms with Gasteiger partial charge in [-0.1, -0.05) is 12.1 Å². The number of aliphatic hydroxyl groups excluding tert-OH is 1. The molecule has 3 aromatic rings. The molecule has 0 spiro atoms. The van der Waals surface area contributed by atoms with Crippen LogP contribution in [-0.2, 0) is 17.8 Å². The predicted octanol–water partition coefficient (Wildman–Crippen LogP) is 1.76. The molecule has 0 aliphatic heterocycles. The van der Waals surface area contributed by atoms with Crippen LogP contribution in [0.2, 0.25) is 0 Å². The Bertz CT molecular complexity index is 986. The highest BCUT2D eigenvalue weighted by molar-refractivity contribution is 7.77. The van der Waals surface area contributed by atoms with E-state index in [0.29, 0.717) is 11.8 Å². The van der Waals surface area contributed by atoms with E-state index in [4.69, 9.17) is 4.55 Å². The van der Waals surface area contributed by atoms with Gasteiger partial charge in [0.05, 0.1) is 17.8 Å². The third-order valence-electron chi connectivity index (χ3n) is 4.92. The standard InChI is InChI=1S/C18H22N6O3S/c25-15-5-3-14(4-6-15)22-18-19-8-7-17(23-18)24-16-9-12(10-21-28(26)27)1-2-13(16)11-20-24/h1-2,7-9,11,14-15,21,25H,3-6,10H2,(H,26,27)(H,19,22,23). The molecule has 0 saturated heterocycles. The van der Waals surface area contributed by atoms with E-state index in [1.54, 1.807) is 23.1 Å². The lowest BCUT2D eigenvalue weighted by Crippen LogP contribution is -2.29. The van der Waals surface area contributed by atoms with Gasteiger partial charge in [-0.15, -0.1) is 0 Å². The third kappa shape index (κ3) is 4.36. The summed E-state index contributed by atoms with van der Waals surface area (Å²) in [5.41, 5.74) is 1.72. The molecular weight excluding hydrogens is 380 g/mol. The van der Waals surface area contributed by atoms with E-state index >= 15 is 0 Å². The number of anilines is 1. The molecule has 1 atom stereocenters. The number of benzene rings is 1. The summed E-state index contributed by atoms with van der Waals surface area (Å²) < 4.78 is 24.0. The van der Waals surface area contributed by atoms with E-state index in [-0.39, 0.29) is 18.7 Å². The normalized spacial score (nSPS) is 20.9. The van der Waals surface area contributed by atoms with E-state index in [0.717, 1.165) is 42.1 Å². The maximum atomic E-state index is 10.8. The second-order valence-corrected chi connectivity index (χ2v) is 7.70. The minimum Gasteiger partial charge on any atom is -0.393 e. The van der Waals surface area contributed by atoms with Gasteiger partial charge < -0.3 is 10.4 Å². The Morgan fingerprint density at radius 2 is 2.04 bits per heavy atom. The van der Waals surface area contributed by atoms with Gasteiger partial charge in [-0.3, -0.25) is 4.55 Å². The van der Waals surface area contributed by atoms with Gasteiger partial charge in [0.25, 0.3) is 0 Å². The van der Waals surface area contributed by atoms with Crippen molar-refractivity contribution in [2.45, 2.75) is 44.4 Å². The third-order valence-corrected chi connectivity index (χ3v) is 5.31. The first-order chi connectivity index (χ1) is 13.6. The Morgan fingerprint density at radius 3 is 2.82 bits per heavy atom. The highest BCUT2D eigenvalue weighted by atomic mass is 32.2. The van der Waals surface area contributed by atoms with Crippen LogP contribution in [0.3, 0.4) is 0 Å². The predicted molar refractivity (Wildman–Crippen MR) is 106 cm³/mol. The molecule has 9 nitrogen and oxygen atoms in total. The molecule has 148 valence electrons. The van der Waals surface area contributed by atoms with Crippen LogP contribution in [0.4, 0.5) is 5.95 Å². The van der Waals surface area contributed by atoms with Gasteiger partial charge >= 0.3 is 0 Å². The van der Waals surface area contributed by atoms with Crippen LogP contribution >= 0.6 is 0 Å². The van der Waals surface area contributed by atoms with E-state index in [2.05, 4.69) is 25.1 Å². The first-order valence-corrected chi connectivity index (χ1v) is 10.3. The molecular formula is C18H22N6O3S. The van der Waals surface area contributed by atoms with Crippen LogP contribution in [0, 0.1) is 0 Å². The fourth-order valence-corrected chi connectivity index (χ4v) is 3.73. The Labute approximate surface area is 164 Å². The van der Waals surface area contributed by atoms with Gasteiger partial charge in [0, 0.05) is 30.2 Å². The number of hydrogen-bond acceptors (Lipinski definition) is 6. The molecule has 0 amide bonds. The molecule has 1 fully saturated rings. The van der Waals surface area contributed by atoms with Crippen molar-refractivity contribution in [2.24, 2.45) is 0 Å². The molecule has 28 heavy (non-hydrogen) atoms. The van der Waals surface area contributed by atoms with Crippen molar-refractivity contribution in [2.75, 3.05) is 5.32 Å². The summed E-state index contributed by atoms with van der Waals surface area (Å²) in [7, 11) is 0. The number of nitrogens with one attached hydrogen (secondary N) is 2. The Balaban J connectivity index is 1.57. The molecule has 1 aliphatic rings. The van der Waals surface area contributed by atoms with Crippen molar-refractivity contribution in [1.82, 2.24) is 24.5 Å². The number of aliphatic hydroxyl groups is 1. The first kappa shape index (κ1) is 18.9. The summed E-state index contributed by atoms with van der Waals surface area (Å²) in [6.07, 6.45) is 6.61. The van der Waals surface area contributed by atoms with Gasteiger partial charge in [-0.2, -0.15) is 10.1 Å². The van der Waals surface area contributed by atoms with Crippen molar-refractivity contribution in [3.05, 3.63) is 42.2 Å². The number of nitrogens with zero attached hydrogens (tertiary/aromatic N) is 4. The maximum Gasteiger partial charge on any atom is 0.232 e. The topological polar surface area (TPSA) is 125 Å². The van der Waals surface area contributed by atoms with Crippen LogP contribution in [0.5, 0.6) is 0 Å². The van der Waals surface area contributed by atoms with Crippen molar-refractivity contribution in [3.63, 3.8) is 0 Å². The van der Waals surface area contributed by atoms with Crippen LogP contribution in [0.1, 0.15) is 31.2 Å². The van der Waals surface area contributed by atoms with Crippen LogP contribution in [0.25, 0.3) is 16.7 Å². The number of rotatable bonds is 6. The lowest BCUT2D eigenvalue weighted by molar-refractivity contribution is 0.126. The second-order valence-electron chi connectivity index (χ2n) is 6.91. The monoisotopic (exact) mass is 402 g/mol. The lowest BCUT2D eigenvalue weighted by Gasteiger charge is -2.26.